The van der Waals surface area contributed by atoms with Gasteiger partial charge in [0.05, 0.1) is 53.7 Å². The van der Waals surface area contributed by atoms with Gasteiger partial charge in [-0.3, -0.25) is 9.69 Å². The summed E-state index contributed by atoms with van der Waals surface area (Å²) in [6, 6.07) is -0.125. The van der Waals surface area contributed by atoms with Crippen molar-refractivity contribution < 1.29 is 53.0 Å². The molecular formula is C42H64N2O11. The Balaban J connectivity index is 2.32. The Hall–Kier alpha value is -4.20. The molecule has 1 aliphatic heterocycles. The van der Waals surface area contributed by atoms with Crippen molar-refractivity contribution in [3.63, 3.8) is 0 Å². The van der Waals surface area contributed by atoms with Gasteiger partial charge in [-0.05, 0) is 58.6 Å². The van der Waals surface area contributed by atoms with E-state index < -0.39 is 42.4 Å². The number of aliphatic hydroxyl groups excluding tert-OH is 2. The van der Waals surface area contributed by atoms with Gasteiger partial charge in [0.1, 0.15) is 30.1 Å². The number of benzene rings is 2. The summed E-state index contributed by atoms with van der Waals surface area (Å²) in [6.45, 7) is 17.3. The van der Waals surface area contributed by atoms with E-state index in [4.69, 9.17) is 33.2 Å². The number of hydrogen-bond acceptors (Lipinski definition) is 11. The summed E-state index contributed by atoms with van der Waals surface area (Å²) in [5.41, 5.74) is 2.48. The molecule has 13 nitrogen and oxygen atoms in total. The number of unbranched alkanes of at least 4 members (excludes halogenated alkanes) is 2. The van der Waals surface area contributed by atoms with Crippen molar-refractivity contribution in [2.75, 3.05) is 61.3 Å². The molecule has 55 heavy (non-hydrogen) atoms. The fraction of sp³-hybridized carbons (Fsp3) is 0.619. The van der Waals surface area contributed by atoms with E-state index in [1.807, 2.05) is 19.9 Å². The molecule has 3 rings (SSSR count). The standard InChI is InChI=1S/C42H64N2O11/c1-13-16-19-52-25-31-33-34(36(53-18-15-3)27(5)37(50-11)39(33)51-12)32(46)23-44(31)40(47)30(43(9)41(48)55-42(6,7)8)22-28-21-26(4)35(49-10)38(29(28)24-45)54-20-17-14-2/h15,21,30-32,45-46H,3,13-14,16-20,22-25H2,1-2,4-12H3/t30-,31+,32?/m1/s1. The lowest BCUT2D eigenvalue weighted by atomic mass is 9.86. The van der Waals surface area contributed by atoms with E-state index in [0.717, 1.165) is 31.2 Å². The molecule has 0 radical (unpaired) electrons. The number of nitrogens with zero attached hydrogens (tertiary/aromatic N) is 2. The van der Waals surface area contributed by atoms with Crippen LogP contribution in [0.1, 0.15) is 106 Å². The first kappa shape index (κ1) is 45.2. The summed E-state index contributed by atoms with van der Waals surface area (Å²) in [4.78, 5) is 31.9. The van der Waals surface area contributed by atoms with E-state index in [9.17, 15) is 15.0 Å². The summed E-state index contributed by atoms with van der Waals surface area (Å²) < 4.78 is 41.9. The molecule has 2 aromatic carbocycles. The van der Waals surface area contributed by atoms with Crippen LogP contribution >= 0.6 is 0 Å². The number of rotatable bonds is 20. The van der Waals surface area contributed by atoms with Crippen LogP contribution in [0.15, 0.2) is 18.7 Å². The van der Waals surface area contributed by atoms with Gasteiger partial charge in [-0.1, -0.05) is 45.4 Å². The highest BCUT2D eigenvalue weighted by Crippen LogP contribution is 2.52. The lowest BCUT2D eigenvalue weighted by Crippen LogP contribution is -2.55. The van der Waals surface area contributed by atoms with Crippen LogP contribution in [0.25, 0.3) is 0 Å². The SMILES string of the molecule is C=CCOc1c(C)c(OC)c(OC)c2c1C(O)CN(C(=O)[C@@H](Cc1cc(C)c(OC)c(OCCCC)c1CO)N(C)C(=O)OC(C)(C)C)[C@H]2COCCCC. The Morgan fingerprint density at radius 3 is 2.16 bits per heavy atom. The number of fused-ring (bicyclic) bond motifs is 1. The minimum absolute atomic E-state index is 0.0235. The van der Waals surface area contributed by atoms with Crippen LogP contribution in [0.3, 0.4) is 0 Å². The molecule has 0 saturated carbocycles. The fourth-order valence-corrected chi connectivity index (χ4v) is 6.91. The van der Waals surface area contributed by atoms with E-state index in [2.05, 4.69) is 20.4 Å². The number of aliphatic hydroxyl groups is 2. The fourth-order valence-electron chi connectivity index (χ4n) is 6.91. The highest BCUT2D eigenvalue weighted by atomic mass is 16.6. The van der Waals surface area contributed by atoms with Crippen LogP contribution in [0, 0.1) is 13.8 Å². The summed E-state index contributed by atoms with van der Waals surface area (Å²) >= 11 is 0. The third-order valence-corrected chi connectivity index (χ3v) is 9.60. The van der Waals surface area contributed by atoms with Crippen LogP contribution in [0.2, 0.25) is 0 Å². The molecule has 0 aromatic heterocycles. The van der Waals surface area contributed by atoms with Crippen molar-refractivity contribution in [3.05, 3.63) is 52.1 Å². The Morgan fingerprint density at radius 1 is 0.964 bits per heavy atom. The summed E-state index contributed by atoms with van der Waals surface area (Å²) in [6.07, 6.45) is 3.04. The number of carbonyl (C=O) groups is 2. The van der Waals surface area contributed by atoms with Crippen molar-refractivity contribution in [2.24, 2.45) is 0 Å². The molecule has 2 N–H and O–H groups in total. The van der Waals surface area contributed by atoms with E-state index >= 15 is 4.79 Å². The Bertz CT molecular complexity index is 1620. The smallest absolute Gasteiger partial charge is 0.410 e. The van der Waals surface area contributed by atoms with Crippen molar-refractivity contribution in [2.45, 2.75) is 111 Å². The number of methoxy groups -OCH3 is 3. The predicted molar refractivity (Wildman–Crippen MR) is 211 cm³/mol. The van der Waals surface area contributed by atoms with Crippen LogP contribution in [0.4, 0.5) is 4.79 Å². The molecular weight excluding hydrogens is 708 g/mol. The van der Waals surface area contributed by atoms with Crippen LogP contribution in [-0.2, 0) is 27.3 Å². The van der Waals surface area contributed by atoms with E-state index in [0.29, 0.717) is 69.8 Å². The highest BCUT2D eigenvalue weighted by Gasteiger charge is 2.45. The second-order valence-corrected chi connectivity index (χ2v) is 14.8. The largest absolute Gasteiger partial charge is 0.493 e. The monoisotopic (exact) mass is 772 g/mol. The number of β-amino-alcohol motifs (C(OH)–C–C–N with tert-alkyl or cyclic N) is 1. The van der Waals surface area contributed by atoms with Crippen LogP contribution in [0.5, 0.6) is 28.7 Å². The number of aryl methyl sites for hydroxylation is 1. The molecule has 2 aromatic rings. The summed E-state index contributed by atoms with van der Waals surface area (Å²) in [5.74, 6) is 1.52. The van der Waals surface area contributed by atoms with Gasteiger partial charge in [0.2, 0.25) is 5.91 Å². The van der Waals surface area contributed by atoms with Gasteiger partial charge in [0.25, 0.3) is 0 Å². The average molecular weight is 773 g/mol. The average Bonchev–Trinajstić information content (AvgIpc) is 3.14. The topological polar surface area (TPSA) is 146 Å². The lowest BCUT2D eigenvalue weighted by molar-refractivity contribution is -0.143. The minimum atomic E-state index is -1.22. The Morgan fingerprint density at radius 2 is 1.60 bits per heavy atom. The normalized spacial score (nSPS) is 15.8. The molecule has 0 spiro atoms. The van der Waals surface area contributed by atoms with Gasteiger partial charge in [0.15, 0.2) is 23.0 Å². The molecule has 0 saturated heterocycles. The number of ether oxygens (including phenoxy) is 7. The first-order valence-electron chi connectivity index (χ1n) is 19.1. The zero-order valence-corrected chi connectivity index (χ0v) is 34.8. The minimum Gasteiger partial charge on any atom is -0.493 e. The van der Waals surface area contributed by atoms with Crippen LogP contribution in [-0.4, -0.2) is 105 Å². The number of likely N-dealkylation sites (N-methyl/N-ethyl adjacent to an activating group) is 1. The van der Waals surface area contributed by atoms with E-state index in [-0.39, 0.29) is 26.2 Å². The van der Waals surface area contributed by atoms with Gasteiger partial charge < -0.3 is 48.3 Å². The third kappa shape index (κ3) is 10.6. The van der Waals surface area contributed by atoms with Gasteiger partial charge in [-0.15, -0.1) is 0 Å². The zero-order chi connectivity index (χ0) is 41.0. The molecule has 2 amide bonds. The zero-order valence-electron chi connectivity index (χ0n) is 34.8. The first-order chi connectivity index (χ1) is 26.1. The van der Waals surface area contributed by atoms with Gasteiger partial charge in [-0.25, -0.2) is 4.79 Å². The van der Waals surface area contributed by atoms with E-state index in [1.54, 1.807) is 34.0 Å². The first-order valence-corrected chi connectivity index (χ1v) is 19.1. The van der Waals surface area contributed by atoms with Gasteiger partial charge in [-0.2, -0.15) is 0 Å². The number of hydrogen-bond donors (Lipinski definition) is 2. The lowest BCUT2D eigenvalue weighted by Gasteiger charge is -2.43. The molecule has 0 fully saturated rings. The number of amides is 2. The number of carbonyl (C=O) groups excluding carboxylic acids is 2. The summed E-state index contributed by atoms with van der Waals surface area (Å²) in [5, 5.41) is 22.8. The Kier molecular flexibility index (Phi) is 17.0. The predicted octanol–water partition coefficient (Wildman–Crippen LogP) is 6.78. The second-order valence-electron chi connectivity index (χ2n) is 14.8. The maximum absolute atomic E-state index is 15.3. The van der Waals surface area contributed by atoms with Crippen molar-refractivity contribution in [3.8, 4) is 28.7 Å². The Labute approximate surface area is 327 Å². The highest BCUT2D eigenvalue weighted by molar-refractivity contribution is 5.87. The van der Waals surface area contributed by atoms with Crippen molar-refractivity contribution in [1.29, 1.82) is 0 Å². The molecule has 3 atom stereocenters. The molecule has 0 aliphatic carbocycles. The second kappa shape index (κ2) is 20.6. The molecule has 308 valence electrons. The van der Waals surface area contributed by atoms with Crippen molar-refractivity contribution >= 4 is 12.0 Å². The maximum atomic E-state index is 15.3. The van der Waals surface area contributed by atoms with Gasteiger partial charge >= 0.3 is 6.09 Å². The molecule has 1 unspecified atom stereocenters. The quantitative estimate of drug-likeness (QED) is 0.109. The summed E-state index contributed by atoms with van der Waals surface area (Å²) in [7, 11) is 6.08. The van der Waals surface area contributed by atoms with Crippen LogP contribution < -0.4 is 23.7 Å². The maximum Gasteiger partial charge on any atom is 0.410 e. The van der Waals surface area contributed by atoms with Crippen molar-refractivity contribution in [1.82, 2.24) is 9.80 Å². The molecule has 0 bridgehead atoms. The third-order valence-electron chi connectivity index (χ3n) is 9.60. The van der Waals surface area contributed by atoms with Gasteiger partial charge in [0, 0.05) is 42.3 Å². The van der Waals surface area contributed by atoms with E-state index in [1.165, 1.54) is 31.1 Å². The molecule has 1 aliphatic rings. The molecule has 13 heteroatoms. The molecule has 1 heterocycles.